The number of aliphatic hydroxyl groups is 2. The number of nitrogen functional groups attached to an aromatic ring is 1. The minimum absolute atomic E-state index is 0.0276. The third kappa shape index (κ3) is 14.6. The fourth-order valence-electron chi connectivity index (χ4n) is 4.53. The summed E-state index contributed by atoms with van der Waals surface area (Å²) < 4.78 is 62.0. The minimum atomic E-state index is -5.57. The number of phosphoric ester groups is 3. The first-order valence-corrected chi connectivity index (χ1v) is 24.0. The van der Waals surface area contributed by atoms with Crippen LogP contribution in [0.1, 0.15) is 26.5 Å². The van der Waals surface area contributed by atoms with Gasteiger partial charge < -0.3 is 40.3 Å². The van der Waals surface area contributed by atoms with Crippen LogP contribution < -0.4 is 22.1 Å². The van der Waals surface area contributed by atoms with Crippen LogP contribution in [0.2, 0.25) is 0 Å². The number of rotatable bonds is 22. The van der Waals surface area contributed by atoms with Gasteiger partial charge in [0.15, 0.2) is 17.7 Å². The number of nitrogens with one attached hydrogen (secondary N) is 2. The molecule has 2 aromatic heterocycles. The first kappa shape index (κ1) is 47.8. The molecule has 8 atom stereocenters. The van der Waals surface area contributed by atoms with E-state index in [4.69, 9.17) is 25.3 Å². The van der Waals surface area contributed by atoms with Gasteiger partial charge in [-0.3, -0.25) is 22.9 Å². The van der Waals surface area contributed by atoms with Gasteiger partial charge in [0.05, 0.1) is 19.5 Å². The maximum absolute atomic E-state index is 12.7. The van der Waals surface area contributed by atoms with E-state index in [1.807, 2.05) is 0 Å². The normalized spacial score (nSPS) is 22.4. The number of ether oxygens (including phenoxy) is 1. The molecule has 8 unspecified atom stereocenters. The Morgan fingerprint density at radius 2 is 1.76 bits per heavy atom. The fraction of sp³-hybridized carbons (Fsp3) is 0.667. The Hall–Kier alpha value is -1.61. The Balaban J connectivity index is 1.50. The van der Waals surface area contributed by atoms with E-state index in [1.165, 1.54) is 24.0 Å². The molecule has 0 aromatic carbocycles. The van der Waals surface area contributed by atoms with E-state index in [1.54, 1.807) is 0 Å². The van der Waals surface area contributed by atoms with Crippen molar-refractivity contribution in [1.82, 2.24) is 30.2 Å². The summed E-state index contributed by atoms with van der Waals surface area (Å²) in [6.45, 7) is 0.399. The molecule has 1 saturated heterocycles. The fourth-order valence-corrected chi connectivity index (χ4v) is 9.39. The SMILES string of the molecule is CC(C)(COP(=O)(O)OP(=O)(O)OCC1OC(n2cnc3c(N)ncnc32)C(O)C1OP(=O)(O)O)C(O)C(=O)NCCC(=O)NCCSC(=O)C(N)CS[Se]. The molecule has 55 heavy (non-hydrogen) atoms. The average Bonchev–Trinajstić information content (AvgIpc) is 3.64. The molecular formula is C24H40N8O17P3S2Se. The average molecular weight is 949 g/mol. The molecule has 311 valence electrons. The number of anilines is 1. The van der Waals surface area contributed by atoms with Crippen LogP contribution in [0.15, 0.2) is 12.7 Å². The summed E-state index contributed by atoms with van der Waals surface area (Å²) in [6.07, 6.45) is -6.96. The molecule has 0 aliphatic carbocycles. The zero-order chi connectivity index (χ0) is 41.4. The number of hydrogen-bond donors (Lipinski definition) is 10. The van der Waals surface area contributed by atoms with Crippen molar-refractivity contribution < 1.29 is 80.5 Å². The molecule has 1 aliphatic heterocycles. The summed E-state index contributed by atoms with van der Waals surface area (Å²) >= 11 is 3.65. The number of aliphatic hydroxyl groups excluding tert-OH is 2. The molecule has 1 aliphatic rings. The molecule has 2 aromatic rings. The van der Waals surface area contributed by atoms with Gasteiger partial charge in [-0.1, -0.05) is 13.8 Å². The van der Waals surface area contributed by atoms with Gasteiger partial charge in [-0.2, -0.15) is 4.31 Å². The molecule has 3 rings (SSSR count). The number of thioether (sulfide) groups is 1. The van der Waals surface area contributed by atoms with Gasteiger partial charge >= 0.3 is 134 Å². The number of fused-ring (bicyclic) bond motifs is 1. The summed E-state index contributed by atoms with van der Waals surface area (Å²) in [5.41, 5.74) is 9.94. The molecule has 12 N–H and O–H groups in total. The number of nitrogens with two attached hydrogens (primary N) is 2. The first-order valence-electron chi connectivity index (χ1n) is 15.5. The van der Waals surface area contributed by atoms with Gasteiger partial charge in [-0.05, 0) is 0 Å². The number of carbonyl (C=O) groups is 3. The molecule has 2 amide bonds. The van der Waals surface area contributed by atoms with Crippen LogP contribution in [-0.2, 0) is 50.7 Å². The standard InChI is InChI=1S/C24H40N8O17P3S2Se/c1-24(2,18(35)21(36)28-4-3-14(33)27-5-6-53-23(37)12(25)8-54-55)9-46-52(43,44)49-51(41,42)45-7-13-17(48-50(38,39)40)16(34)22(47-13)32-11-31-15-19(26)29-10-30-20(15)32/h10-13,16-18,22,34-35H,3-9,25H2,1-2H3,(H,27,33)(H,28,36)(H,41,42)(H,43,44)(H2,26,29,30)(H2,38,39,40). The first-order chi connectivity index (χ1) is 25.5. The number of carbonyl (C=O) groups excluding carboxylic acids is 3. The monoisotopic (exact) mass is 949 g/mol. The zero-order valence-electron chi connectivity index (χ0n) is 28.8. The van der Waals surface area contributed by atoms with Crippen LogP contribution in [-0.4, -0.2) is 149 Å². The Morgan fingerprint density at radius 1 is 1.09 bits per heavy atom. The summed E-state index contributed by atoms with van der Waals surface area (Å²) in [7, 11) is -15.1. The number of phosphoric acid groups is 3. The van der Waals surface area contributed by atoms with E-state index in [0.717, 1.165) is 29.0 Å². The molecule has 0 spiro atoms. The van der Waals surface area contributed by atoms with Crippen LogP contribution >= 0.6 is 45.4 Å². The quantitative estimate of drug-likeness (QED) is 0.0340. The number of amides is 2. The molecule has 31 heteroatoms. The molecule has 1 radical (unpaired) electrons. The molecule has 3 heterocycles. The van der Waals surface area contributed by atoms with E-state index >= 15 is 0 Å². The van der Waals surface area contributed by atoms with Crippen LogP contribution in [0.4, 0.5) is 5.82 Å². The Kier molecular flexibility index (Phi) is 17.7. The second-order valence-corrected chi connectivity index (χ2v) is 19.5. The Labute approximate surface area is 328 Å². The Morgan fingerprint density at radius 3 is 2.42 bits per heavy atom. The van der Waals surface area contributed by atoms with Crippen molar-refractivity contribution in [2.45, 2.75) is 57.0 Å². The van der Waals surface area contributed by atoms with Gasteiger partial charge in [-0.15, -0.1) is 0 Å². The van der Waals surface area contributed by atoms with Crippen LogP contribution in [0.3, 0.4) is 0 Å². The summed E-state index contributed by atoms with van der Waals surface area (Å²) in [4.78, 5) is 87.3. The second-order valence-electron chi connectivity index (χ2n) is 12.1. The van der Waals surface area contributed by atoms with Gasteiger partial charge in [0.1, 0.15) is 36.3 Å². The van der Waals surface area contributed by atoms with Gasteiger partial charge in [-0.25, -0.2) is 28.6 Å². The topological polar surface area (TPSA) is 390 Å². The predicted molar refractivity (Wildman–Crippen MR) is 193 cm³/mol. The zero-order valence-corrected chi connectivity index (χ0v) is 34.8. The number of imidazole rings is 1. The van der Waals surface area contributed by atoms with Gasteiger partial charge in [0, 0.05) is 5.41 Å². The third-order valence-corrected chi connectivity index (χ3v) is 12.7. The second kappa shape index (κ2) is 20.4. The third-order valence-electron chi connectivity index (χ3n) is 7.30. The van der Waals surface area contributed by atoms with Crippen molar-refractivity contribution in [2.24, 2.45) is 11.1 Å². The van der Waals surface area contributed by atoms with Crippen molar-refractivity contribution in [1.29, 1.82) is 0 Å². The molecule has 1 fully saturated rings. The summed E-state index contributed by atoms with van der Waals surface area (Å²) in [5.74, 6) is -0.809. The van der Waals surface area contributed by atoms with Crippen molar-refractivity contribution in [3.8, 4) is 0 Å². The summed E-state index contributed by atoms with van der Waals surface area (Å²) in [6, 6.07) is -0.649. The van der Waals surface area contributed by atoms with E-state index in [0.29, 0.717) is 5.75 Å². The van der Waals surface area contributed by atoms with Crippen LogP contribution in [0.25, 0.3) is 11.2 Å². The van der Waals surface area contributed by atoms with E-state index in [-0.39, 0.29) is 47.4 Å². The molecule has 0 saturated carbocycles. The van der Waals surface area contributed by atoms with Crippen molar-refractivity contribution in [3.05, 3.63) is 12.7 Å². The van der Waals surface area contributed by atoms with E-state index in [2.05, 4.69) is 49.3 Å². The van der Waals surface area contributed by atoms with Crippen molar-refractivity contribution >= 4 is 94.2 Å². The van der Waals surface area contributed by atoms with Crippen LogP contribution in [0, 0.1) is 5.41 Å². The van der Waals surface area contributed by atoms with Gasteiger partial charge in [0.25, 0.3) is 0 Å². The molecule has 25 nitrogen and oxygen atoms in total. The number of aromatic nitrogens is 4. The van der Waals surface area contributed by atoms with Crippen LogP contribution in [0.5, 0.6) is 0 Å². The Bertz CT molecular complexity index is 1810. The number of hydrogen-bond acceptors (Lipinski definition) is 20. The molecular weight excluding hydrogens is 908 g/mol. The summed E-state index contributed by atoms with van der Waals surface area (Å²) in [5, 5.41) is 26.1. The maximum atomic E-state index is 12.7. The van der Waals surface area contributed by atoms with Crippen molar-refractivity contribution in [2.75, 3.05) is 43.5 Å². The molecule has 0 bridgehead atoms. The van der Waals surface area contributed by atoms with E-state index in [9.17, 15) is 57.9 Å². The van der Waals surface area contributed by atoms with Crippen molar-refractivity contribution in [3.63, 3.8) is 0 Å². The van der Waals surface area contributed by atoms with E-state index < -0.39 is 90.6 Å². The number of nitrogens with zero attached hydrogens (tertiary/aromatic N) is 4. The predicted octanol–water partition coefficient (Wildman–Crippen LogP) is -2.19. The van der Waals surface area contributed by atoms with Gasteiger partial charge in [0.2, 0.25) is 5.91 Å².